The van der Waals surface area contributed by atoms with Gasteiger partial charge in [0, 0.05) is 24.5 Å². The summed E-state index contributed by atoms with van der Waals surface area (Å²) in [5, 5.41) is 3.15. The van der Waals surface area contributed by atoms with Gasteiger partial charge in [-0.1, -0.05) is 6.07 Å². The monoisotopic (exact) mass is 388 g/mol. The highest BCUT2D eigenvalue weighted by Crippen LogP contribution is 2.20. The highest BCUT2D eigenvalue weighted by molar-refractivity contribution is 7.91. The van der Waals surface area contributed by atoms with Crippen molar-refractivity contribution in [2.45, 2.75) is 33.2 Å². The Labute approximate surface area is 159 Å². The van der Waals surface area contributed by atoms with Gasteiger partial charge in [0.1, 0.15) is 5.69 Å². The third-order valence-electron chi connectivity index (χ3n) is 4.63. The quantitative estimate of drug-likeness (QED) is 0.865. The molecule has 2 heterocycles. The standard InChI is InChI=1S/C19H24N4O3S/c1-12-7-13(2)9-15(8-12)21-19-20-14(3)10-17(22-19)18(24)23(4)16-5-6-27(25,26)11-16/h7-10,16H,5-6,11H2,1-4H3,(H,20,21,22). The highest BCUT2D eigenvalue weighted by atomic mass is 32.2. The molecule has 1 saturated heterocycles. The van der Waals surface area contributed by atoms with Crippen molar-refractivity contribution in [2.24, 2.45) is 0 Å². The minimum absolute atomic E-state index is 0.00693. The molecule has 1 atom stereocenters. The Morgan fingerprint density at radius 3 is 2.37 bits per heavy atom. The third kappa shape index (κ3) is 4.63. The first-order valence-corrected chi connectivity index (χ1v) is 10.6. The number of rotatable bonds is 4. The number of hydrogen-bond donors (Lipinski definition) is 1. The summed E-state index contributed by atoms with van der Waals surface area (Å²) < 4.78 is 23.4. The van der Waals surface area contributed by atoms with E-state index in [4.69, 9.17) is 0 Å². The Balaban J connectivity index is 1.83. The molecule has 0 saturated carbocycles. The van der Waals surface area contributed by atoms with Gasteiger partial charge in [-0.05, 0) is 56.5 Å². The van der Waals surface area contributed by atoms with E-state index in [1.54, 1.807) is 20.0 Å². The summed E-state index contributed by atoms with van der Waals surface area (Å²) >= 11 is 0. The molecule has 1 amide bonds. The van der Waals surface area contributed by atoms with E-state index in [0.29, 0.717) is 18.1 Å². The molecule has 1 aliphatic rings. The summed E-state index contributed by atoms with van der Waals surface area (Å²) in [5.74, 6) is 0.173. The van der Waals surface area contributed by atoms with Crippen LogP contribution < -0.4 is 5.32 Å². The predicted octanol–water partition coefficient (Wildman–Crippen LogP) is 2.40. The zero-order valence-electron chi connectivity index (χ0n) is 16.0. The third-order valence-corrected chi connectivity index (χ3v) is 6.38. The molecular weight excluding hydrogens is 364 g/mol. The van der Waals surface area contributed by atoms with Crippen molar-refractivity contribution in [3.63, 3.8) is 0 Å². The van der Waals surface area contributed by atoms with Crippen molar-refractivity contribution in [2.75, 3.05) is 23.9 Å². The normalized spacial score (nSPS) is 18.3. The maximum absolute atomic E-state index is 12.8. The lowest BCUT2D eigenvalue weighted by Gasteiger charge is -2.23. The molecule has 1 N–H and O–H groups in total. The van der Waals surface area contributed by atoms with E-state index in [0.717, 1.165) is 16.8 Å². The van der Waals surface area contributed by atoms with E-state index in [9.17, 15) is 13.2 Å². The second-order valence-electron chi connectivity index (χ2n) is 7.19. The van der Waals surface area contributed by atoms with Crippen LogP contribution >= 0.6 is 0 Å². The molecule has 1 aromatic carbocycles. The predicted molar refractivity (Wildman–Crippen MR) is 105 cm³/mol. The first-order chi connectivity index (χ1) is 12.6. The van der Waals surface area contributed by atoms with Crippen LogP contribution in [-0.4, -0.2) is 53.8 Å². The Kier molecular flexibility index (Phi) is 5.19. The summed E-state index contributed by atoms with van der Waals surface area (Å²) in [5.41, 5.74) is 3.99. The molecule has 0 spiro atoms. The molecule has 0 bridgehead atoms. The zero-order chi connectivity index (χ0) is 19.8. The van der Waals surface area contributed by atoms with Crippen molar-refractivity contribution >= 4 is 27.4 Å². The Morgan fingerprint density at radius 1 is 1.11 bits per heavy atom. The maximum atomic E-state index is 12.8. The molecule has 1 aromatic heterocycles. The number of carbonyl (C=O) groups is 1. The molecule has 1 aliphatic heterocycles. The number of hydrogen-bond acceptors (Lipinski definition) is 6. The molecule has 0 aliphatic carbocycles. The van der Waals surface area contributed by atoms with Gasteiger partial charge >= 0.3 is 0 Å². The Hall–Kier alpha value is -2.48. The van der Waals surface area contributed by atoms with E-state index >= 15 is 0 Å². The fourth-order valence-electron chi connectivity index (χ4n) is 3.34. The van der Waals surface area contributed by atoms with Gasteiger partial charge in [0.2, 0.25) is 5.95 Å². The molecular formula is C19H24N4O3S. The van der Waals surface area contributed by atoms with Crippen LogP contribution in [0, 0.1) is 20.8 Å². The summed E-state index contributed by atoms with van der Waals surface area (Å²) in [6.07, 6.45) is 0.461. The lowest BCUT2D eigenvalue weighted by Crippen LogP contribution is -2.38. The fourth-order valence-corrected chi connectivity index (χ4v) is 5.11. The van der Waals surface area contributed by atoms with Gasteiger partial charge in [0.05, 0.1) is 11.5 Å². The smallest absolute Gasteiger partial charge is 0.272 e. The topological polar surface area (TPSA) is 92.3 Å². The number of aromatic nitrogens is 2. The number of aryl methyl sites for hydroxylation is 3. The highest BCUT2D eigenvalue weighted by Gasteiger charge is 2.33. The number of sulfone groups is 1. The van der Waals surface area contributed by atoms with Gasteiger partial charge < -0.3 is 10.2 Å². The molecule has 8 heteroatoms. The molecule has 2 aromatic rings. The van der Waals surface area contributed by atoms with Gasteiger partial charge in [0.25, 0.3) is 5.91 Å². The van der Waals surface area contributed by atoms with Crippen molar-refractivity contribution in [3.05, 3.63) is 46.8 Å². The molecule has 3 rings (SSSR count). The van der Waals surface area contributed by atoms with E-state index in [2.05, 4.69) is 21.4 Å². The number of amides is 1. The van der Waals surface area contributed by atoms with Crippen LogP contribution in [-0.2, 0) is 9.84 Å². The maximum Gasteiger partial charge on any atom is 0.272 e. The van der Waals surface area contributed by atoms with E-state index in [1.165, 1.54) is 4.90 Å². The van der Waals surface area contributed by atoms with Gasteiger partial charge in [0.15, 0.2) is 9.84 Å². The van der Waals surface area contributed by atoms with Crippen LogP contribution in [0.4, 0.5) is 11.6 Å². The van der Waals surface area contributed by atoms with Crippen LogP contribution in [0.25, 0.3) is 0 Å². The molecule has 27 heavy (non-hydrogen) atoms. The fraction of sp³-hybridized carbons (Fsp3) is 0.421. The van der Waals surface area contributed by atoms with Crippen molar-refractivity contribution in [1.29, 1.82) is 0 Å². The second-order valence-corrected chi connectivity index (χ2v) is 9.42. The molecule has 1 fully saturated rings. The Bertz CT molecular complexity index is 968. The average Bonchev–Trinajstić information content (AvgIpc) is 2.92. The van der Waals surface area contributed by atoms with Gasteiger partial charge in [-0.25, -0.2) is 18.4 Å². The lowest BCUT2D eigenvalue weighted by molar-refractivity contribution is 0.0741. The number of nitrogens with zero attached hydrogens (tertiary/aromatic N) is 3. The van der Waals surface area contributed by atoms with Gasteiger partial charge in [-0.2, -0.15) is 0 Å². The number of benzene rings is 1. The van der Waals surface area contributed by atoms with Crippen molar-refractivity contribution in [3.8, 4) is 0 Å². The zero-order valence-corrected chi connectivity index (χ0v) is 16.8. The van der Waals surface area contributed by atoms with E-state index in [1.807, 2.05) is 26.0 Å². The van der Waals surface area contributed by atoms with Crippen LogP contribution in [0.1, 0.15) is 33.7 Å². The molecule has 0 radical (unpaired) electrons. The van der Waals surface area contributed by atoms with Crippen molar-refractivity contribution < 1.29 is 13.2 Å². The van der Waals surface area contributed by atoms with Gasteiger partial charge in [-0.3, -0.25) is 4.79 Å². The minimum atomic E-state index is -3.06. The molecule has 7 nitrogen and oxygen atoms in total. The number of nitrogens with one attached hydrogen (secondary N) is 1. The summed E-state index contributed by atoms with van der Waals surface area (Å²) in [4.78, 5) is 23.0. The summed E-state index contributed by atoms with van der Waals surface area (Å²) in [7, 11) is -1.43. The summed E-state index contributed by atoms with van der Waals surface area (Å²) in [6, 6.07) is 7.34. The summed E-state index contributed by atoms with van der Waals surface area (Å²) in [6.45, 7) is 5.81. The second kappa shape index (κ2) is 7.26. The van der Waals surface area contributed by atoms with Gasteiger partial charge in [-0.15, -0.1) is 0 Å². The number of carbonyl (C=O) groups excluding carboxylic acids is 1. The average molecular weight is 388 g/mol. The molecule has 1 unspecified atom stereocenters. The van der Waals surface area contributed by atoms with Crippen molar-refractivity contribution in [1.82, 2.24) is 14.9 Å². The first kappa shape index (κ1) is 19.3. The number of anilines is 2. The first-order valence-electron chi connectivity index (χ1n) is 8.81. The van der Waals surface area contributed by atoms with E-state index in [-0.39, 0.29) is 29.1 Å². The largest absolute Gasteiger partial charge is 0.336 e. The Morgan fingerprint density at radius 2 is 1.78 bits per heavy atom. The SMILES string of the molecule is Cc1cc(C)cc(Nc2nc(C)cc(C(=O)N(C)C3CCS(=O)(=O)C3)n2)c1. The van der Waals surface area contributed by atoms with Crippen LogP contribution in [0.15, 0.2) is 24.3 Å². The van der Waals surface area contributed by atoms with Crippen LogP contribution in [0.2, 0.25) is 0 Å². The minimum Gasteiger partial charge on any atom is -0.336 e. The lowest BCUT2D eigenvalue weighted by atomic mass is 10.1. The van der Waals surface area contributed by atoms with E-state index < -0.39 is 9.84 Å². The van der Waals surface area contributed by atoms with Crippen LogP contribution in [0.3, 0.4) is 0 Å². The van der Waals surface area contributed by atoms with Crippen LogP contribution in [0.5, 0.6) is 0 Å². The molecule has 144 valence electrons.